The van der Waals surface area contributed by atoms with E-state index in [0.717, 1.165) is 18.1 Å². The zero-order valence-corrected chi connectivity index (χ0v) is 13.8. The minimum absolute atomic E-state index is 0.127. The Hall–Kier alpha value is -1.70. The van der Waals surface area contributed by atoms with Crippen molar-refractivity contribution in [2.75, 3.05) is 6.61 Å². The molecular weight excluding hydrogens is 272 g/mol. The highest BCUT2D eigenvalue weighted by molar-refractivity contribution is 5.48. The van der Waals surface area contributed by atoms with Gasteiger partial charge < -0.3 is 9.47 Å². The van der Waals surface area contributed by atoms with Crippen LogP contribution in [0.15, 0.2) is 41.7 Å². The third-order valence-corrected chi connectivity index (χ3v) is 5.24. The molecule has 22 heavy (non-hydrogen) atoms. The average molecular weight is 296 g/mol. The maximum atomic E-state index is 6.33. The molecule has 0 spiro atoms. The number of hydrogen-bond donors (Lipinski definition) is 0. The second kappa shape index (κ2) is 4.91. The molecule has 1 fully saturated rings. The molecule has 0 amide bonds. The standard InChI is InChI=1S/C20H24O2/c1-11(2)13-5-6-17-15(7-13)16-10-21-18-8-14(12(3)4)9-19(22-17)20(16)18/h5-9,11-12,16,19-20H,10H2,1-4H3. The van der Waals surface area contributed by atoms with Gasteiger partial charge in [0.25, 0.3) is 0 Å². The molecule has 3 aliphatic rings. The number of fused-ring (bicyclic) bond motifs is 2. The van der Waals surface area contributed by atoms with Crippen LogP contribution >= 0.6 is 0 Å². The van der Waals surface area contributed by atoms with E-state index in [9.17, 15) is 0 Å². The predicted octanol–water partition coefficient (Wildman–Crippen LogP) is 4.78. The van der Waals surface area contributed by atoms with E-state index in [1.165, 1.54) is 16.7 Å². The first kappa shape index (κ1) is 13.9. The Morgan fingerprint density at radius 2 is 1.91 bits per heavy atom. The van der Waals surface area contributed by atoms with E-state index in [1.807, 2.05) is 0 Å². The van der Waals surface area contributed by atoms with E-state index in [-0.39, 0.29) is 6.10 Å². The molecule has 0 saturated carbocycles. The Balaban J connectivity index is 1.78. The van der Waals surface area contributed by atoms with Crippen LogP contribution in [0.25, 0.3) is 0 Å². The van der Waals surface area contributed by atoms with Gasteiger partial charge in [0, 0.05) is 11.5 Å². The Bertz CT molecular complexity index is 666. The molecule has 2 heteroatoms. The molecule has 2 aliphatic heterocycles. The van der Waals surface area contributed by atoms with Crippen molar-refractivity contribution in [1.82, 2.24) is 0 Å². The summed E-state index contributed by atoms with van der Waals surface area (Å²) in [6.45, 7) is 9.71. The monoisotopic (exact) mass is 296 g/mol. The quantitative estimate of drug-likeness (QED) is 0.782. The van der Waals surface area contributed by atoms with Crippen LogP contribution in [0.3, 0.4) is 0 Å². The van der Waals surface area contributed by atoms with Gasteiger partial charge in [-0.15, -0.1) is 0 Å². The molecule has 116 valence electrons. The highest BCUT2D eigenvalue weighted by atomic mass is 16.5. The van der Waals surface area contributed by atoms with Crippen molar-refractivity contribution in [2.45, 2.75) is 45.6 Å². The maximum Gasteiger partial charge on any atom is 0.128 e. The minimum atomic E-state index is 0.127. The highest BCUT2D eigenvalue weighted by Crippen LogP contribution is 2.51. The summed E-state index contributed by atoms with van der Waals surface area (Å²) in [5, 5.41) is 0. The number of allylic oxidation sites excluding steroid dienone is 2. The molecule has 3 atom stereocenters. The third kappa shape index (κ3) is 2.00. The van der Waals surface area contributed by atoms with Crippen molar-refractivity contribution in [2.24, 2.45) is 11.8 Å². The lowest BCUT2D eigenvalue weighted by molar-refractivity contribution is 0.158. The number of ether oxygens (including phenoxy) is 2. The summed E-state index contributed by atoms with van der Waals surface area (Å²) < 4.78 is 12.4. The normalized spacial score (nSPS) is 28.5. The Morgan fingerprint density at radius 3 is 2.64 bits per heavy atom. The second-order valence-corrected chi connectivity index (χ2v) is 7.35. The Morgan fingerprint density at radius 1 is 1.09 bits per heavy atom. The van der Waals surface area contributed by atoms with Crippen LogP contribution in [0.4, 0.5) is 0 Å². The number of hydrogen-bond acceptors (Lipinski definition) is 2. The van der Waals surface area contributed by atoms with Crippen molar-refractivity contribution < 1.29 is 9.47 Å². The van der Waals surface area contributed by atoms with Crippen LogP contribution in [0.1, 0.15) is 50.7 Å². The summed E-state index contributed by atoms with van der Waals surface area (Å²) in [4.78, 5) is 0. The van der Waals surface area contributed by atoms with Crippen LogP contribution in [0.5, 0.6) is 5.75 Å². The first-order chi connectivity index (χ1) is 10.5. The van der Waals surface area contributed by atoms with Crippen LogP contribution in [-0.2, 0) is 4.74 Å². The minimum Gasteiger partial charge on any atom is -0.497 e. The van der Waals surface area contributed by atoms with Gasteiger partial charge in [0.1, 0.15) is 17.6 Å². The lowest BCUT2D eigenvalue weighted by atomic mass is 9.76. The van der Waals surface area contributed by atoms with Crippen molar-refractivity contribution >= 4 is 0 Å². The van der Waals surface area contributed by atoms with E-state index >= 15 is 0 Å². The van der Waals surface area contributed by atoms with Crippen molar-refractivity contribution in [3.63, 3.8) is 0 Å². The fraction of sp³-hybridized carbons (Fsp3) is 0.500. The van der Waals surface area contributed by atoms with E-state index in [2.05, 4.69) is 58.0 Å². The van der Waals surface area contributed by atoms with Crippen molar-refractivity contribution in [3.05, 3.63) is 52.8 Å². The van der Waals surface area contributed by atoms with Crippen LogP contribution in [-0.4, -0.2) is 12.7 Å². The summed E-state index contributed by atoms with van der Waals surface area (Å²) >= 11 is 0. The highest BCUT2D eigenvalue weighted by Gasteiger charge is 2.47. The predicted molar refractivity (Wildman–Crippen MR) is 88.1 cm³/mol. The summed E-state index contributed by atoms with van der Waals surface area (Å²) in [5.74, 6) is 4.01. The molecule has 2 nitrogen and oxygen atoms in total. The Labute approximate surface area is 132 Å². The number of rotatable bonds is 2. The smallest absolute Gasteiger partial charge is 0.128 e. The molecule has 0 radical (unpaired) electrons. The molecule has 2 heterocycles. The molecule has 3 unspecified atom stereocenters. The maximum absolute atomic E-state index is 6.33. The topological polar surface area (TPSA) is 18.5 Å². The van der Waals surface area contributed by atoms with E-state index in [1.54, 1.807) is 0 Å². The lowest BCUT2D eigenvalue weighted by Crippen LogP contribution is -2.35. The van der Waals surface area contributed by atoms with Crippen molar-refractivity contribution in [1.29, 1.82) is 0 Å². The molecular formula is C20H24O2. The van der Waals surface area contributed by atoms with Gasteiger partial charge in [0.2, 0.25) is 0 Å². The van der Waals surface area contributed by atoms with E-state index in [4.69, 9.17) is 9.47 Å². The first-order valence-corrected chi connectivity index (χ1v) is 8.41. The summed E-state index contributed by atoms with van der Waals surface area (Å²) in [5.41, 5.74) is 4.05. The molecule has 1 aromatic rings. The van der Waals surface area contributed by atoms with Gasteiger partial charge >= 0.3 is 0 Å². The summed E-state index contributed by atoms with van der Waals surface area (Å²) in [6, 6.07) is 6.68. The third-order valence-electron chi connectivity index (χ3n) is 5.24. The summed E-state index contributed by atoms with van der Waals surface area (Å²) in [6.07, 6.45) is 4.68. The molecule has 1 saturated heterocycles. The SMILES string of the molecule is CC(C)C1=CC2Oc3ccc(C(C)C)cc3C3COC(=C1)C23. The fourth-order valence-electron chi connectivity index (χ4n) is 3.84. The van der Waals surface area contributed by atoms with Crippen LogP contribution in [0, 0.1) is 11.8 Å². The fourth-order valence-corrected chi connectivity index (χ4v) is 3.84. The van der Waals surface area contributed by atoms with Crippen molar-refractivity contribution in [3.8, 4) is 5.75 Å². The van der Waals surface area contributed by atoms with Gasteiger partial charge in [-0.1, -0.05) is 39.8 Å². The van der Waals surface area contributed by atoms with Crippen LogP contribution in [0.2, 0.25) is 0 Å². The zero-order valence-electron chi connectivity index (χ0n) is 13.8. The van der Waals surface area contributed by atoms with Gasteiger partial charge in [-0.05, 0) is 41.2 Å². The van der Waals surface area contributed by atoms with Gasteiger partial charge in [-0.3, -0.25) is 0 Å². The molecule has 0 aromatic heterocycles. The average Bonchev–Trinajstić information content (AvgIpc) is 2.92. The van der Waals surface area contributed by atoms with E-state index in [0.29, 0.717) is 23.7 Å². The molecule has 0 N–H and O–H groups in total. The molecule has 0 bridgehead atoms. The van der Waals surface area contributed by atoms with Crippen LogP contribution < -0.4 is 4.74 Å². The largest absolute Gasteiger partial charge is 0.497 e. The van der Waals surface area contributed by atoms with E-state index < -0.39 is 0 Å². The molecule has 1 aromatic carbocycles. The second-order valence-electron chi connectivity index (χ2n) is 7.35. The first-order valence-electron chi connectivity index (χ1n) is 8.41. The molecule has 4 rings (SSSR count). The Kier molecular flexibility index (Phi) is 3.11. The van der Waals surface area contributed by atoms with Gasteiger partial charge in [-0.25, -0.2) is 0 Å². The van der Waals surface area contributed by atoms with Gasteiger partial charge in [-0.2, -0.15) is 0 Å². The van der Waals surface area contributed by atoms with Gasteiger partial charge in [0.05, 0.1) is 12.5 Å². The van der Waals surface area contributed by atoms with Gasteiger partial charge in [0.15, 0.2) is 0 Å². The number of benzene rings is 1. The molecule has 1 aliphatic carbocycles. The zero-order chi connectivity index (χ0) is 15.4. The lowest BCUT2D eigenvalue weighted by Gasteiger charge is -2.36. The summed E-state index contributed by atoms with van der Waals surface area (Å²) in [7, 11) is 0.